The van der Waals surface area contributed by atoms with Crippen molar-refractivity contribution in [1.82, 2.24) is 9.78 Å². The number of aromatic nitrogens is 2. The molecule has 19 heavy (non-hydrogen) atoms. The fourth-order valence-corrected chi connectivity index (χ4v) is 3.37. The number of aryl methyl sites for hydroxylation is 2. The summed E-state index contributed by atoms with van der Waals surface area (Å²) in [5.41, 5.74) is 8.76. The highest BCUT2D eigenvalue weighted by atomic mass is 32.2. The molecule has 3 nitrogen and oxygen atoms in total. The van der Waals surface area contributed by atoms with E-state index in [9.17, 15) is 0 Å². The van der Waals surface area contributed by atoms with E-state index in [4.69, 9.17) is 5.73 Å². The molecule has 2 rings (SSSR count). The second kappa shape index (κ2) is 6.26. The molecule has 0 fully saturated rings. The minimum Gasteiger partial charge on any atom is -0.326 e. The Morgan fingerprint density at radius 2 is 2.21 bits per heavy atom. The maximum Gasteiger partial charge on any atom is 0.0533 e. The molecular weight excluding hydrogens is 254 g/mol. The van der Waals surface area contributed by atoms with Gasteiger partial charge in [0.1, 0.15) is 0 Å². The Kier molecular flexibility index (Phi) is 4.66. The van der Waals surface area contributed by atoms with Gasteiger partial charge in [0.25, 0.3) is 0 Å². The van der Waals surface area contributed by atoms with E-state index in [0.29, 0.717) is 0 Å². The molecule has 0 saturated heterocycles. The van der Waals surface area contributed by atoms with E-state index in [-0.39, 0.29) is 11.3 Å². The predicted octanol–water partition coefficient (Wildman–Crippen LogP) is 3.30. The highest BCUT2D eigenvalue weighted by molar-refractivity contribution is 7.99. The lowest BCUT2D eigenvalue weighted by molar-refractivity contribution is 0.633. The van der Waals surface area contributed by atoms with E-state index in [0.717, 1.165) is 6.42 Å². The average molecular weight is 275 g/mol. The first-order valence-corrected chi connectivity index (χ1v) is 7.45. The molecule has 0 saturated carbocycles. The number of thioether (sulfide) groups is 1. The number of benzene rings is 1. The molecule has 4 heteroatoms. The quantitative estimate of drug-likeness (QED) is 0.851. The molecule has 2 unspecified atom stereocenters. The van der Waals surface area contributed by atoms with E-state index in [1.54, 1.807) is 0 Å². The Morgan fingerprint density at radius 1 is 1.42 bits per heavy atom. The van der Waals surface area contributed by atoms with Crippen LogP contribution < -0.4 is 5.73 Å². The topological polar surface area (TPSA) is 43.8 Å². The molecule has 0 aliphatic heterocycles. The van der Waals surface area contributed by atoms with Crippen molar-refractivity contribution in [3.63, 3.8) is 0 Å². The molecule has 0 spiro atoms. The SMILES string of the molecule is CCC(N)C(Sc1cccc(C)c1)c1cnn(C)c1. The van der Waals surface area contributed by atoms with Gasteiger partial charge in [0, 0.05) is 29.7 Å². The van der Waals surface area contributed by atoms with Crippen molar-refractivity contribution < 1.29 is 0 Å². The first-order valence-electron chi connectivity index (χ1n) is 6.57. The summed E-state index contributed by atoms with van der Waals surface area (Å²) in [5.74, 6) is 0. The van der Waals surface area contributed by atoms with Crippen molar-refractivity contribution in [1.29, 1.82) is 0 Å². The van der Waals surface area contributed by atoms with Crippen molar-refractivity contribution in [3.8, 4) is 0 Å². The Balaban J connectivity index is 2.24. The number of nitrogens with two attached hydrogens (primary N) is 1. The van der Waals surface area contributed by atoms with Gasteiger partial charge in [0.15, 0.2) is 0 Å². The zero-order chi connectivity index (χ0) is 13.8. The minimum absolute atomic E-state index is 0.134. The van der Waals surface area contributed by atoms with Crippen LogP contribution in [0.2, 0.25) is 0 Å². The monoisotopic (exact) mass is 275 g/mol. The first-order chi connectivity index (χ1) is 9.10. The van der Waals surface area contributed by atoms with Gasteiger partial charge in [-0.1, -0.05) is 24.6 Å². The summed E-state index contributed by atoms with van der Waals surface area (Å²) in [4.78, 5) is 1.26. The molecule has 0 bridgehead atoms. The summed E-state index contributed by atoms with van der Waals surface area (Å²) < 4.78 is 1.83. The van der Waals surface area contributed by atoms with Crippen LogP contribution in [0.5, 0.6) is 0 Å². The van der Waals surface area contributed by atoms with E-state index < -0.39 is 0 Å². The van der Waals surface area contributed by atoms with Crippen LogP contribution in [0.25, 0.3) is 0 Å². The van der Waals surface area contributed by atoms with Gasteiger partial charge in [0.05, 0.1) is 11.4 Å². The van der Waals surface area contributed by atoms with Crippen LogP contribution in [0, 0.1) is 6.92 Å². The Hall–Kier alpha value is -1.26. The molecule has 0 aliphatic rings. The van der Waals surface area contributed by atoms with Gasteiger partial charge in [-0.2, -0.15) is 5.10 Å². The number of nitrogens with zero attached hydrogens (tertiary/aromatic N) is 2. The van der Waals surface area contributed by atoms with Crippen LogP contribution >= 0.6 is 11.8 Å². The second-order valence-electron chi connectivity index (χ2n) is 4.87. The lowest BCUT2D eigenvalue weighted by Crippen LogP contribution is -2.25. The molecule has 0 radical (unpaired) electrons. The fraction of sp³-hybridized carbons (Fsp3) is 0.400. The van der Waals surface area contributed by atoms with Crippen LogP contribution in [-0.4, -0.2) is 15.8 Å². The van der Waals surface area contributed by atoms with Crippen LogP contribution in [0.15, 0.2) is 41.6 Å². The predicted molar refractivity (Wildman–Crippen MR) is 81.3 cm³/mol. The Morgan fingerprint density at radius 3 is 2.79 bits per heavy atom. The highest BCUT2D eigenvalue weighted by Crippen LogP contribution is 2.38. The molecule has 102 valence electrons. The third-order valence-corrected chi connectivity index (χ3v) is 4.57. The maximum absolute atomic E-state index is 6.29. The molecule has 1 aromatic carbocycles. The van der Waals surface area contributed by atoms with Crippen LogP contribution in [0.4, 0.5) is 0 Å². The van der Waals surface area contributed by atoms with Crippen molar-refractivity contribution in [2.45, 2.75) is 36.5 Å². The molecule has 2 aromatic rings. The summed E-state index contributed by atoms with van der Waals surface area (Å²) in [7, 11) is 1.94. The summed E-state index contributed by atoms with van der Waals surface area (Å²) in [5, 5.41) is 4.51. The average Bonchev–Trinajstić information content (AvgIpc) is 2.81. The number of hydrogen-bond acceptors (Lipinski definition) is 3. The molecule has 2 N–H and O–H groups in total. The Labute approximate surface area is 119 Å². The molecular formula is C15H21N3S. The zero-order valence-electron chi connectivity index (χ0n) is 11.7. The van der Waals surface area contributed by atoms with Crippen molar-refractivity contribution in [2.24, 2.45) is 12.8 Å². The molecule has 1 aromatic heterocycles. The van der Waals surface area contributed by atoms with E-state index in [1.165, 1.54) is 16.0 Å². The molecule has 0 aliphatic carbocycles. The third-order valence-electron chi connectivity index (χ3n) is 3.17. The largest absolute Gasteiger partial charge is 0.326 e. The lowest BCUT2D eigenvalue weighted by Gasteiger charge is -2.21. The van der Waals surface area contributed by atoms with E-state index >= 15 is 0 Å². The lowest BCUT2D eigenvalue weighted by atomic mass is 10.1. The number of rotatable bonds is 5. The van der Waals surface area contributed by atoms with E-state index in [1.807, 2.05) is 29.7 Å². The fourth-order valence-electron chi connectivity index (χ4n) is 2.04. The van der Waals surface area contributed by atoms with Gasteiger partial charge < -0.3 is 5.73 Å². The first kappa shape index (κ1) is 14.2. The van der Waals surface area contributed by atoms with Crippen molar-refractivity contribution in [2.75, 3.05) is 0 Å². The third kappa shape index (κ3) is 3.61. The van der Waals surface area contributed by atoms with Crippen LogP contribution in [0.3, 0.4) is 0 Å². The van der Waals surface area contributed by atoms with Gasteiger partial charge in [-0.25, -0.2) is 0 Å². The van der Waals surface area contributed by atoms with Crippen molar-refractivity contribution >= 4 is 11.8 Å². The summed E-state index contributed by atoms with van der Waals surface area (Å²) >= 11 is 1.82. The summed E-state index contributed by atoms with van der Waals surface area (Å²) in [6.07, 6.45) is 4.93. The summed E-state index contributed by atoms with van der Waals surface area (Å²) in [6.45, 7) is 4.24. The van der Waals surface area contributed by atoms with Crippen molar-refractivity contribution in [3.05, 3.63) is 47.8 Å². The molecule has 2 atom stereocenters. The van der Waals surface area contributed by atoms with E-state index in [2.05, 4.69) is 49.4 Å². The zero-order valence-corrected chi connectivity index (χ0v) is 12.5. The smallest absolute Gasteiger partial charge is 0.0533 e. The molecule has 1 heterocycles. The molecule has 0 amide bonds. The highest BCUT2D eigenvalue weighted by Gasteiger charge is 2.21. The van der Waals surface area contributed by atoms with Gasteiger partial charge in [0.2, 0.25) is 0 Å². The second-order valence-corrected chi connectivity index (χ2v) is 6.09. The van der Waals surface area contributed by atoms with Crippen LogP contribution in [-0.2, 0) is 7.05 Å². The number of hydrogen-bond donors (Lipinski definition) is 1. The normalized spacial score (nSPS) is 14.3. The standard InChI is InChI=1S/C15H21N3S/c1-4-14(16)15(12-9-17-18(3)10-12)19-13-7-5-6-11(2)8-13/h5-10,14-15H,4,16H2,1-3H3. The van der Waals surface area contributed by atoms with Gasteiger partial charge >= 0.3 is 0 Å². The maximum atomic E-state index is 6.29. The van der Waals surface area contributed by atoms with Gasteiger partial charge in [-0.15, -0.1) is 11.8 Å². The van der Waals surface area contributed by atoms with Gasteiger partial charge in [-0.05, 0) is 25.5 Å². The minimum atomic E-state index is 0.134. The van der Waals surface area contributed by atoms with Gasteiger partial charge in [-0.3, -0.25) is 4.68 Å². The van der Waals surface area contributed by atoms with Crippen LogP contribution in [0.1, 0.15) is 29.7 Å². The summed E-state index contributed by atoms with van der Waals surface area (Å²) in [6, 6.07) is 8.69. The Bertz CT molecular complexity index is 536.